The lowest BCUT2D eigenvalue weighted by Crippen LogP contribution is -2.31. The molecule has 0 aromatic heterocycles. The molecule has 0 aliphatic carbocycles. The first-order valence-corrected chi connectivity index (χ1v) is 4.74. The monoisotopic (exact) mass is 158 g/mol. The largest absolute Gasteiger partial charge is 0.330 e. The fourth-order valence-corrected chi connectivity index (χ4v) is 1.42. The van der Waals surface area contributed by atoms with Crippen molar-refractivity contribution in [3.63, 3.8) is 0 Å². The maximum atomic E-state index is 5.64. The molecule has 1 atom stereocenters. The van der Waals surface area contributed by atoms with E-state index in [1.165, 1.54) is 12.8 Å². The van der Waals surface area contributed by atoms with Crippen LogP contribution < -0.4 is 11.1 Å². The van der Waals surface area contributed by atoms with Crippen LogP contribution >= 0.6 is 0 Å². The van der Waals surface area contributed by atoms with Gasteiger partial charge in [0.25, 0.3) is 0 Å². The summed E-state index contributed by atoms with van der Waals surface area (Å²) >= 11 is 0. The highest BCUT2D eigenvalue weighted by Gasteiger charge is 2.29. The first-order chi connectivity index (χ1) is 5.33. The molecule has 0 aromatic carbocycles. The molecule has 1 aliphatic rings. The smallest absolute Gasteiger partial charge is 0.00203 e. The van der Waals surface area contributed by atoms with E-state index in [-0.39, 0.29) is 0 Å². The van der Waals surface area contributed by atoms with Gasteiger partial charge in [-0.05, 0) is 31.3 Å². The molecule has 2 nitrogen and oxygen atoms in total. The van der Waals surface area contributed by atoms with Crippen LogP contribution in [0.3, 0.4) is 0 Å². The van der Waals surface area contributed by atoms with E-state index < -0.39 is 0 Å². The predicted molar refractivity (Wildman–Crippen MR) is 50.6 cm³/mol. The average Bonchev–Trinajstić information content (AvgIpc) is 2.57. The molecule has 0 aromatic rings. The van der Waals surface area contributed by atoms with E-state index in [1.54, 1.807) is 0 Å². The molecule has 68 valence electrons. The van der Waals surface area contributed by atoms with Crippen molar-refractivity contribution < 1.29 is 0 Å². The minimum Gasteiger partial charge on any atom is -0.330 e. The Morgan fingerprint density at radius 3 is 2.27 bits per heavy atom. The fourth-order valence-electron chi connectivity index (χ4n) is 1.42. The highest BCUT2D eigenvalue weighted by atomic mass is 14.9. The van der Waals surface area contributed by atoms with Gasteiger partial charge in [-0.15, -0.1) is 0 Å². The van der Waals surface area contributed by atoms with E-state index >= 15 is 0 Å². The zero-order valence-corrected chi connectivity index (χ0v) is 8.11. The van der Waals surface area contributed by atoms with Crippen molar-refractivity contribution in [1.82, 2.24) is 5.32 Å². The van der Waals surface area contributed by atoms with Crippen LogP contribution in [0.4, 0.5) is 0 Å². The van der Waals surface area contributed by atoms with Gasteiger partial charge in [-0.1, -0.05) is 20.8 Å². The Morgan fingerprint density at radius 1 is 1.45 bits per heavy atom. The van der Waals surface area contributed by atoms with Crippen LogP contribution in [-0.2, 0) is 0 Å². The number of hydrogen-bond acceptors (Lipinski definition) is 2. The summed E-state index contributed by atoms with van der Waals surface area (Å²) in [6.45, 7) is 9.35. The Morgan fingerprint density at radius 2 is 2.09 bits per heavy atom. The van der Waals surface area contributed by atoms with Crippen molar-refractivity contribution in [3.8, 4) is 0 Å². The van der Waals surface area contributed by atoms with Gasteiger partial charge in [0.15, 0.2) is 0 Å². The van der Waals surface area contributed by atoms with E-state index in [2.05, 4.69) is 12.2 Å². The maximum absolute atomic E-state index is 5.64. The summed E-state index contributed by atoms with van der Waals surface area (Å²) in [7, 11) is 0. The molecule has 0 bridgehead atoms. The Bertz CT molecular complexity index is 79.6. The van der Waals surface area contributed by atoms with Crippen LogP contribution in [0, 0.1) is 5.41 Å². The fraction of sp³-hybridized carbons (Fsp3) is 1.00. The van der Waals surface area contributed by atoms with Crippen LogP contribution in [0.1, 0.15) is 33.6 Å². The van der Waals surface area contributed by atoms with Gasteiger partial charge >= 0.3 is 0 Å². The standard InChI is InChI=1S/C7H16N2.C2H6/c1-2-7(5-8)3-4-9-6-7;1-2/h9H,2-6,8H2,1H3;1-2H3. The van der Waals surface area contributed by atoms with Gasteiger partial charge in [0, 0.05) is 6.54 Å². The van der Waals surface area contributed by atoms with E-state index in [0.29, 0.717) is 5.41 Å². The molecule has 11 heavy (non-hydrogen) atoms. The third-order valence-corrected chi connectivity index (χ3v) is 2.52. The number of nitrogens with two attached hydrogens (primary N) is 1. The van der Waals surface area contributed by atoms with Gasteiger partial charge in [-0.25, -0.2) is 0 Å². The summed E-state index contributed by atoms with van der Waals surface area (Å²) in [5, 5.41) is 3.34. The lowest BCUT2D eigenvalue weighted by molar-refractivity contribution is 0.322. The van der Waals surface area contributed by atoms with E-state index in [1.807, 2.05) is 13.8 Å². The molecular formula is C9H22N2. The molecule has 0 radical (unpaired) electrons. The van der Waals surface area contributed by atoms with E-state index in [0.717, 1.165) is 19.6 Å². The second-order valence-electron chi connectivity index (χ2n) is 2.98. The topological polar surface area (TPSA) is 38.0 Å². The molecule has 2 heteroatoms. The second kappa shape index (κ2) is 5.56. The third-order valence-electron chi connectivity index (χ3n) is 2.52. The molecule has 0 spiro atoms. The summed E-state index contributed by atoms with van der Waals surface area (Å²) in [6, 6.07) is 0. The Kier molecular flexibility index (Phi) is 5.51. The molecule has 1 unspecified atom stereocenters. The molecule has 0 saturated carbocycles. The van der Waals surface area contributed by atoms with Crippen molar-refractivity contribution in [3.05, 3.63) is 0 Å². The van der Waals surface area contributed by atoms with Crippen LogP contribution in [0.15, 0.2) is 0 Å². The number of rotatable bonds is 2. The van der Waals surface area contributed by atoms with Gasteiger partial charge in [0.05, 0.1) is 0 Å². The van der Waals surface area contributed by atoms with Crippen molar-refractivity contribution >= 4 is 0 Å². The number of nitrogens with one attached hydrogen (secondary N) is 1. The van der Waals surface area contributed by atoms with E-state index in [9.17, 15) is 0 Å². The van der Waals surface area contributed by atoms with Gasteiger partial charge < -0.3 is 11.1 Å². The summed E-state index contributed by atoms with van der Waals surface area (Å²) in [6.07, 6.45) is 2.48. The quantitative estimate of drug-likeness (QED) is 0.637. The second-order valence-corrected chi connectivity index (χ2v) is 2.98. The maximum Gasteiger partial charge on any atom is 0.00203 e. The van der Waals surface area contributed by atoms with Crippen LogP contribution in [0.2, 0.25) is 0 Å². The lowest BCUT2D eigenvalue weighted by atomic mass is 9.85. The molecule has 3 N–H and O–H groups in total. The Hall–Kier alpha value is -0.0800. The van der Waals surface area contributed by atoms with Gasteiger partial charge in [-0.3, -0.25) is 0 Å². The zero-order valence-electron chi connectivity index (χ0n) is 8.11. The predicted octanol–water partition coefficient (Wildman–Crippen LogP) is 1.36. The van der Waals surface area contributed by atoms with Gasteiger partial charge in [0.1, 0.15) is 0 Å². The minimum atomic E-state index is 0.444. The highest BCUT2D eigenvalue weighted by molar-refractivity contribution is 4.87. The summed E-state index contributed by atoms with van der Waals surface area (Å²) in [5.41, 5.74) is 6.08. The van der Waals surface area contributed by atoms with Crippen molar-refractivity contribution in [2.24, 2.45) is 11.1 Å². The summed E-state index contributed by atoms with van der Waals surface area (Å²) in [5.74, 6) is 0. The van der Waals surface area contributed by atoms with Gasteiger partial charge in [-0.2, -0.15) is 0 Å². The highest BCUT2D eigenvalue weighted by Crippen LogP contribution is 2.27. The molecule has 1 rings (SSSR count). The zero-order chi connectivity index (χ0) is 8.74. The first kappa shape index (κ1) is 10.9. The molecule has 1 aliphatic heterocycles. The van der Waals surface area contributed by atoms with Crippen molar-refractivity contribution in [1.29, 1.82) is 0 Å². The van der Waals surface area contributed by atoms with Crippen molar-refractivity contribution in [2.45, 2.75) is 33.6 Å². The minimum absolute atomic E-state index is 0.444. The first-order valence-electron chi connectivity index (χ1n) is 4.74. The molecule has 1 fully saturated rings. The molecule has 1 heterocycles. The molecular weight excluding hydrogens is 136 g/mol. The van der Waals surface area contributed by atoms with Crippen LogP contribution in [0.25, 0.3) is 0 Å². The Labute approximate surface area is 70.5 Å². The summed E-state index contributed by atoms with van der Waals surface area (Å²) in [4.78, 5) is 0. The third kappa shape index (κ3) is 2.80. The van der Waals surface area contributed by atoms with E-state index in [4.69, 9.17) is 5.73 Å². The van der Waals surface area contributed by atoms with Crippen molar-refractivity contribution in [2.75, 3.05) is 19.6 Å². The summed E-state index contributed by atoms with van der Waals surface area (Å²) < 4.78 is 0. The Balaban J connectivity index is 0.000000461. The molecule has 1 saturated heterocycles. The lowest BCUT2D eigenvalue weighted by Gasteiger charge is -2.23. The van der Waals surface area contributed by atoms with Crippen LogP contribution in [0.5, 0.6) is 0 Å². The SMILES string of the molecule is CC.CCC1(CN)CCNC1. The number of hydrogen-bond donors (Lipinski definition) is 2. The average molecular weight is 158 g/mol. The normalized spacial score (nSPS) is 29.5. The van der Waals surface area contributed by atoms with Gasteiger partial charge in [0.2, 0.25) is 0 Å². The molecule has 0 amide bonds. The van der Waals surface area contributed by atoms with Crippen LogP contribution in [-0.4, -0.2) is 19.6 Å².